The van der Waals surface area contributed by atoms with E-state index in [0.29, 0.717) is 0 Å². The number of phenolic OH excluding ortho intramolecular Hbond substituents is 1. The van der Waals surface area contributed by atoms with Gasteiger partial charge in [0.1, 0.15) is 18.1 Å². The number of ether oxygens (including phenoxy) is 1. The van der Waals surface area contributed by atoms with Crippen molar-refractivity contribution in [2.24, 2.45) is 0 Å². The molecule has 1 N–H and O–H groups in total. The van der Waals surface area contributed by atoms with Crippen LogP contribution in [0.5, 0.6) is 5.75 Å². The van der Waals surface area contributed by atoms with Gasteiger partial charge in [-0.25, -0.2) is 17.5 Å². The summed E-state index contributed by atoms with van der Waals surface area (Å²) in [6, 6.07) is 8.31. The summed E-state index contributed by atoms with van der Waals surface area (Å²) in [5.74, 6) is -0.345. The van der Waals surface area contributed by atoms with Crippen molar-refractivity contribution in [3.05, 3.63) is 47.7 Å². The molecule has 0 aliphatic heterocycles. The van der Waals surface area contributed by atoms with E-state index in [1.54, 1.807) is 0 Å². The number of rotatable bonds is 5. The van der Waals surface area contributed by atoms with Gasteiger partial charge in [0.25, 0.3) is 10.0 Å². The Labute approximate surface area is 127 Å². The minimum absolute atomic E-state index is 0.0427. The van der Waals surface area contributed by atoms with Crippen LogP contribution in [-0.4, -0.2) is 37.9 Å². The number of hydrogen-bond donors (Lipinski definition) is 1. The Bertz CT molecular complexity index is 761. The first-order valence-corrected chi connectivity index (χ1v) is 7.72. The van der Waals surface area contributed by atoms with Crippen molar-refractivity contribution in [3.63, 3.8) is 0 Å². The van der Waals surface area contributed by atoms with Gasteiger partial charge in [0.2, 0.25) is 5.09 Å². The summed E-state index contributed by atoms with van der Waals surface area (Å²) in [7, 11) is -0.871. The molecule has 118 valence electrons. The topological polar surface area (TPSA) is 97.0 Å². The van der Waals surface area contributed by atoms with Crippen molar-refractivity contribution < 1.29 is 27.5 Å². The maximum absolute atomic E-state index is 11.8. The van der Waals surface area contributed by atoms with Gasteiger partial charge in [-0.15, -0.1) is 0 Å². The molecule has 0 radical (unpaired) electrons. The van der Waals surface area contributed by atoms with E-state index in [1.165, 1.54) is 50.5 Å². The van der Waals surface area contributed by atoms with E-state index >= 15 is 0 Å². The van der Waals surface area contributed by atoms with E-state index in [2.05, 4.69) is 0 Å². The fourth-order valence-corrected chi connectivity index (χ4v) is 2.38. The van der Waals surface area contributed by atoms with Gasteiger partial charge in [-0.3, -0.25) is 0 Å². The first-order valence-electron chi connectivity index (χ1n) is 6.28. The molecule has 22 heavy (non-hydrogen) atoms. The van der Waals surface area contributed by atoms with Crippen LogP contribution in [0, 0.1) is 0 Å². The fourth-order valence-electron chi connectivity index (χ4n) is 1.57. The maximum Gasteiger partial charge on any atom is 0.338 e. The third-order valence-corrected chi connectivity index (χ3v) is 4.51. The predicted molar refractivity (Wildman–Crippen MR) is 76.8 cm³/mol. The molecule has 7 nitrogen and oxygen atoms in total. The Morgan fingerprint density at radius 2 is 1.82 bits per heavy atom. The number of benzene rings is 1. The van der Waals surface area contributed by atoms with E-state index in [1.807, 2.05) is 0 Å². The van der Waals surface area contributed by atoms with Gasteiger partial charge < -0.3 is 14.3 Å². The monoisotopic (exact) mass is 325 g/mol. The number of carbonyl (C=O) groups excluding carboxylic acids is 1. The second kappa shape index (κ2) is 6.20. The number of phenols is 1. The second-order valence-corrected chi connectivity index (χ2v) is 6.71. The lowest BCUT2D eigenvalue weighted by Crippen LogP contribution is -2.21. The number of hydrogen-bond acceptors (Lipinski definition) is 6. The Morgan fingerprint density at radius 1 is 1.18 bits per heavy atom. The number of nitrogens with zero attached hydrogens (tertiary/aromatic N) is 1. The number of sulfonamides is 1. The van der Waals surface area contributed by atoms with E-state index in [4.69, 9.17) is 14.3 Å². The molecule has 0 saturated heterocycles. The smallest absolute Gasteiger partial charge is 0.338 e. The second-order valence-electron chi connectivity index (χ2n) is 4.63. The molecule has 0 amide bonds. The van der Waals surface area contributed by atoms with E-state index < -0.39 is 16.0 Å². The molecule has 2 rings (SSSR count). The highest BCUT2D eigenvalue weighted by molar-refractivity contribution is 7.88. The lowest BCUT2D eigenvalue weighted by atomic mass is 10.2. The van der Waals surface area contributed by atoms with Crippen molar-refractivity contribution >= 4 is 16.0 Å². The Hall–Kier alpha value is -2.32. The zero-order valence-corrected chi connectivity index (χ0v) is 12.8. The van der Waals surface area contributed by atoms with Crippen LogP contribution in [0.25, 0.3) is 0 Å². The van der Waals surface area contributed by atoms with Gasteiger partial charge in [-0.1, -0.05) is 0 Å². The summed E-state index contributed by atoms with van der Waals surface area (Å²) in [5.41, 5.74) is 0.269. The third-order valence-electron chi connectivity index (χ3n) is 2.82. The van der Waals surface area contributed by atoms with Crippen molar-refractivity contribution in [1.82, 2.24) is 4.31 Å². The predicted octanol–water partition coefficient (Wildman–Crippen LogP) is 1.59. The molecule has 0 aliphatic carbocycles. The molecule has 8 heteroatoms. The van der Waals surface area contributed by atoms with Crippen molar-refractivity contribution in [1.29, 1.82) is 0 Å². The molecule has 0 atom stereocenters. The highest BCUT2D eigenvalue weighted by Crippen LogP contribution is 2.18. The van der Waals surface area contributed by atoms with Gasteiger partial charge >= 0.3 is 5.97 Å². The third kappa shape index (κ3) is 3.46. The number of carbonyl (C=O) groups is 1. The van der Waals surface area contributed by atoms with Crippen LogP contribution in [-0.2, 0) is 21.4 Å². The fraction of sp³-hybridized carbons (Fsp3) is 0.214. The quantitative estimate of drug-likeness (QED) is 0.839. The molecular weight excluding hydrogens is 310 g/mol. The van der Waals surface area contributed by atoms with Gasteiger partial charge in [0.15, 0.2) is 0 Å². The lowest BCUT2D eigenvalue weighted by molar-refractivity contribution is 0.0440. The van der Waals surface area contributed by atoms with Crippen LogP contribution in [0.15, 0.2) is 45.9 Å². The molecule has 1 heterocycles. The highest BCUT2D eigenvalue weighted by atomic mass is 32.2. The molecule has 0 bridgehead atoms. The lowest BCUT2D eigenvalue weighted by Gasteiger charge is -2.07. The van der Waals surface area contributed by atoms with Crippen LogP contribution in [0.1, 0.15) is 16.1 Å². The van der Waals surface area contributed by atoms with E-state index in [0.717, 1.165) is 4.31 Å². The zero-order valence-electron chi connectivity index (χ0n) is 12.0. The van der Waals surface area contributed by atoms with Crippen LogP contribution in [0.4, 0.5) is 0 Å². The molecule has 0 unspecified atom stereocenters. The Kier molecular flexibility index (Phi) is 4.53. The van der Waals surface area contributed by atoms with Crippen LogP contribution >= 0.6 is 0 Å². The zero-order chi connectivity index (χ0) is 16.3. The molecule has 0 saturated carbocycles. The van der Waals surface area contributed by atoms with E-state index in [-0.39, 0.29) is 28.8 Å². The molecule has 0 fully saturated rings. The van der Waals surface area contributed by atoms with Gasteiger partial charge in [-0.2, -0.15) is 0 Å². The average molecular weight is 325 g/mol. The summed E-state index contributed by atoms with van der Waals surface area (Å²) < 4.78 is 34.9. The van der Waals surface area contributed by atoms with Crippen LogP contribution < -0.4 is 0 Å². The number of esters is 1. The maximum atomic E-state index is 11.8. The summed E-state index contributed by atoms with van der Waals surface area (Å²) >= 11 is 0. The SMILES string of the molecule is CN(C)S(=O)(=O)c1ccc(COC(=O)c2ccc(O)cc2)o1. The number of furan rings is 1. The molecule has 0 spiro atoms. The average Bonchev–Trinajstić information content (AvgIpc) is 2.95. The highest BCUT2D eigenvalue weighted by Gasteiger charge is 2.21. The van der Waals surface area contributed by atoms with Crippen molar-refractivity contribution in [2.75, 3.05) is 14.1 Å². The molecular formula is C14H15NO6S. The molecule has 1 aromatic carbocycles. The Morgan fingerprint density at radius 3 is 2.41 bits per heavy atom. The van der Waals surface area contributed by atoms with Crippen LogP contribution in [0.3, 0.4) is 0 Å². The Balaban J connectivity index is 2.02. The van der Waals surface area contributed by atoms with Crippen molar-refractivity contribution in [3.8, 4) is 5.75 Å². The van der Waals surface area contributed by atoms with Gasteiger partial charge in [0, 0.05) is 14.1 Å². The van der Waals surface area contributed by atoms with Crippen LogP contribution in [0.2, 0.25) is 0 Å². The van der Waals surface area contributed by atoms with Gasteiger partial charge in [0.05, 0.1) is 5.56 Å². The standard InChI is InChI=1S/C14H15NO6S/c1-15(2)22(18,19)13-8-7-12(21-13)9-20-14(17)10-3-5-11(16)6-4-10/h3-8,16H,9H2,1-2H3. The van der Waals surface area contributed by atoms with Crippen molar-refractivity contribution in [2.45, 2.75) is 11.7 Å². The summed E-state index contributed by atoms with van der Waals surface area (Å²) in [6.45, 7) is -0.192. The minimum Gasteiger partial charge on any atom is -0.508 e. The molecule has 0 aliphatic rings. The summed E-state index contributed by atoms with van der Waals surface area (Å²) in [5, 5.41) is 8.93. The molecule has 2 aromatic rings. The minimum atomic E-state index is -3.65. The normalized spacial score (nSPS) is 11.6. The first-order chi connectivity index (χ1) is 10.3. The van der Waals surface area contributed by atoms with Gasteiger partial charge in [-0.05, 0) is 36.4 Å². The largest absolute Gasteiger partial charge is 0.508 e. The summed E-state index contributed by atoms with van der Waals surface area (Å²) in [6.07, 6.45) is 0. The number of aromatic hydroxyl groups is 1. The summed E-state index contributed by atoms with van der Waals surface area (Å²) in [4.78, 5) is 11.8. The molecule has 1 aromatic heterocycles. The first kappa shape index (κ1) is 16.1. The van der Waals surface area contributed by atoms with E-state index in [9.17, 15) is 13.2 Å².